The number of aryl methyl sites for hydroxylation is 1. The second-order valence-electron chi connectivity index (χ2n) is 5.27. The maximum absolute atomic E-state index is 12.6. The van der Waals surface area contributed by atoms with Crippen molar-refractivity contribution in [3.8, 4) is 17.2 Å². The van der Waals surface area contributed by atoms with E-state index in [4.69, 9.17) is 14.2 Å². The standard InChI is InChI=1S/C18H18N2O4S/c1-20-16-14(24-4)6-5-7-15(16)25-18(20)19-17(21)11-8-12(22-2)10-13(9-11)23-3/h5-10H,1-4H3. The normalized spacial score (nSPS) is 11.6. The van der Waals surface area contributed by atoms with Crippen molar-refractivity contribution in [3.05, 3.63) is 46.8 Å². The van der Waals surface area contributed by atoms with Gasteiger partial charge < -0.3 is 18.8 Å². The molecule has 1 amide bonds. The molecule has 0 aliphatic rings. The number of carbonyl (C=O) groups excluding carboxylic acids is 1. The summed E-state index contributed by atoms with van der Waals surface area (Å²) in [5.41, 5.74) is 1.31. The topological polar surface area (TPSA) is 62.1 Å². The van der Waals surface area contributed by atoms with Gasteiger partial charge in [0, 0.05) is 18.7 Å². The zero-order chi connectivity index (χ0) is 18.0. The van der Waals surface area contributed by atoms with Gasteiger partial charge in [0.25, 0.3) is 5.91 Å². The first kappa shape index (κ1) is 17.0. The maximum atomic E-state index is 12.6. The fourth-order valence-corrected chi connectivity index (χ4v) is 3.56. The molecule has 1 aromatic heterocycles. The van der Waals surface area contributed by atoms with Crippen LogP contribution >= 0.6 is 11.3 Å². The predicted molar refractivity (Wildman–Crippen MR) is 96.8 cm³/mol. The average Bonchev–Trinajstić information content (AvgIpc) is 2.96. The van der Waals surface area contributed by atoms with Crippen LogP contribution in [0.4, 0.5) is 0 Å². The number of fused-ring (bicyclic) bond motifs is 1. The van der Waals surface area contributed by atoms with E-state index in [2.05, 4.69) is 4.99 Å². The molecule has 0 unspecified atom stereocenters. The Labute approximate surface area is 148 Å². The van der Waals surface area contributed by atoms with Gasteiger partial charge in [-0.2, -0.15) is 4.99 Å². The predicted octanol–water partition coefficient (Wildman–Crippen LogP) is 3.01. The lowest BCUT2D eigenvalue weighted by atomic mass is 10.2. The van der Waals surface area contributed by atoms with E-state index in [1.165, 1.54) is 11.3 Å². The monoisotopic (exact) mass is 358 g/mol. The lowest BCUT2D eigenvalue weighted by molar-refractivity contribution is 0.0997. The lowest BCUT2D eigenvalue weighted by Crippen LogP contribution is -2.13. The van der Waals surface area contributed by atoms with Crippen LogP contribution in [0.3, 0.4) is 0 Å². The molecule has 0 atom stereocenters. The smallest absolute Gasteiger partial charge is 0.279 e. The van der Waals surface area contributed by atoms with Gasteiger partial charge in [-0.1, -0.05) is 17.4 Å². The van der Waals surface area contributed by atoms with Crippen molar-refractivity contribution in [1.82, 2.24) is 4.57 Å². The summed E-state index contributed by atoms with van der Waals surface area (Å²) in [6.45, 7) is 0. The Hall–Kier alpha value is -2.80. The number of amides is 1. The number of thiazole rings is 1. The van der Waals surface area contributed by atoms with E-state index in [9.17, 15) is 4.79 Å². The third-order valence-corrected chi connectivity index (χ3v) is 4.90. The fraction of sp³-hybridized carbons (Fsp3) is 0.222. The van der Waals surface area contributed by atoms with E-state index in [0.717, 1.165) is 16.0 Å². The molecule has 0 N–H and O–H groups in total. The zero-order valence-electron chi connectivity index (χ0n) is 14.4. The molecular weight excluding hydrogens is 340 g/mol. The summed E-state index contributed by atoms with van der Waals surface area (Å²) in [6.07, 6.45) is 0. The Morgan fingerprint density at radius 3 is 2.32 bits per heavy atom. The highest BCUT2D eigenvalue weighted by Crippen LogP contribution is 2.27. The first-order valence-corrected chi connectivity index (χ1v) is 8.33. The first-order valence-electron chi connectivity index (χ1n) is 7.52. The largest absolute Gasteiger partial charge is 0.497 e. The van der Waals surface area contributed by atoms with Crippen LogP contribution in [0.15, 0.2) is 41.4 Å². The Balaban J connectivity index is 2.11. The molecule has 0 saturated heterocycles. The van der Waals surface area contributed by atoms with Crippen molar-refractivity contribution in [2.45, 2.75) is 0 Å². The quantitative estimate of drug-likeness (QED) is 0.719. The summed E-state index contributed by atoms with van der Waals surface area (Å²) >= 11 is 1.43. The van der Waals surface area contributed by atoms with Crippen LogP contribution in [0.1, 0.15) is 10.4 Å². The fourth-order valence-electron chi connectivity index (χ4n) is 2.52. The molecule has 3 rings (SSSR count). The number of methoxy groups -OCH3 is 3. The van der Waals surface area contributed by atoms with Crippen LogP contribution in [0, 0.1) is 0 Å². The Morgan fingerprint density at radius 1 is 1.04 bits per heavy atom. The minimum absolute atomic E-state index is 0.363. The SMILES string of the molecule is COc1cc(OC)cc(C(=O)N=c2sc3cccc(OC)c3n2C)c1. The summed E-state index contributed by atoms with van der Waals surface area (Å²) in [4.78, 5) is 17.5. The highest BCUT2D eigenvalue weighted by atomic mass is 32.1. The van der Waals surface area contributed by atoms with Crippen molar-refractivity contribution < 1.29 is 19.0 Å². The van der Waals surface area contributed by atoms with Gasteiger partial charge in [-0.05, 0) is 24.3 Å². The van der Waals surface area contributed by atoms with Crippen molar-refractivity contribution >= 4 is 27.5 Å². The molecular formula is C18H18N2O4S. The number of nitrogens with zero attached hydrogens (tertiary/aromatic N) is 2. The van der Waals surface area contributed by atoms with Crippen LogP contribution in [0.25, 0.3) is 10.2 Å². The zero-order valence-corrected chi connectivity index (χ0v) is 15.2. The average molecular weight is 358 g/mol. The number of aromatic nitrogens is 1. The molecule has 0 fully saturated rings. The third-order valence-electron chi connectivity index (χ3n) is 3.80. The van der Waals surface area contributed by atoms with Gasteiger partial charge in [0.1, 0.15) is 22.8 Å². The van der Waals surface area contributed by atoms with E-state index in [1.54, 1.807) is 39.5 Å². The molecule has 130 valence electrons. The van der Waals surface area contributed by atoms with Gasteiger partial charge in [0.05, 0.1) is 26.0 Å². The van der Waals surface area contributed by atoms with Gasteiger partial charge in [0.15, 0.2) is 4.80 Å². The Bertz CT molecular complexity index is 982. The van der Waals surface area contributed by atoms with E-state index >= 15 is 0 Å². The van der Waals surface area contributed by atoms with Gasteiger partial charge >= 0.3 is 0 Å². The lowest BCUT2D eigenvalue weighted by Gasteiger charge is -2.06. The molecule has 3 aromatic rings. The molecule has 6 nitrogen and oxygen atoms in total. The number of hydrogen-bond acceptors (Lipinski definition) is 5. The molecule has 7 heteroatoms. The number of para-hydroxylation sites is 1. The minimum Gasteiger partial charge on any atom is -0.497 e. The van der Waals surface area contributed by atoms with E-state index < -0.39 is 0 Å². The van der Waals surface area contributed by atoms with Crippen molar-refractivity contribution in [2.75, 3.05) is 21.3 Å². The summed E-state index contributed by atoms with van der Waals surface area (Å²) < 4.78 is 18.7. The van der Waals surface area contributed by atoms with Crippen molar-refractivity contribution in [1.29, 1.82) is 0 Å². The number of carbonyl (C=O) groups is 1. The van der Waals surface area contributed by atoms with Crippen LogP contribution in [0.2, 0.25) is 0 Å². The van der Waals surface area contributed by atoms with Crippen molar-refractivity contribution in [3.63, 3.8) is 0 Å². The molecule has 0 spiro atoms. The van der Waals surface area contributed by atoms with Gasteiger partial charge in [-0.3, -0.25) is 4.79 Å². The maximum Gasteiger partial charge on any atom is 0.279 e. The summed E-state index contributed by atoms with van der Waals surface area (Å²) in [6, 6.07) is 10.8. The highest BCUT2D eigenvalue weighted by molar-refractivity contribution is 7.16. The van der Waals surface area contributed by atoms with Crippen molar-refractivity contribution in [2.24, 2.45) is 12.0 Å². The Morgan fingerprint density at radius 2 is 1.72 bits per heavy atom. The van der Waals surface area contributed by atoms with E-state index in [-0.39, 0.29) is 5.91 Å². The summed E-state index contributed by atoms with van der Waals surface area (Å²) in [7, 11) is 6.56. The van der Waals surface area contributed by atoms with Crippen LogP contribution < -0.4 is 19.0 Å². The summed E-state index contributed by atoms with van der Waals surface area (Å²) in [5.74, 6) is 1.46. The van der Waals surface area contributed by atoms with E-state index in [1.807, 2.05) is 29.8 Å². The van der Waals surface area contributed by atoms with Crippen LogP contribution in [0.5, 0.6) is 17.2 Å². The molecule has 0 saturated carbocycles. The number of hydrogen-bond donors (Lipinski definition) is 0. The second-order valence-corrected chi connectivity index (χ2v) is 6.28. The second kappa shape index (κ2) is 6.98. The molecule has 2 aromatic carbocycles. The van der Waals surface area contributed by atoms with Crippen LogP contribution in [-0.4, -0.2) is 31.8 Å². The molecule has 0 aliphatic heterocycles. The molecule has 25 heavy (non-hydrogen) atoms. The van der Waals surface area contributed by atoms with Crippen LogP contribution in [-0.2, 0) is 7.05 Å². The molecule has 0 radical (unpaired) electrons. The Kier molecular flexibility index (Phi) is 4.76. The van der Waals surface area contributed by atoms with Gasteiger partial charge in [-0.15, -0.1) is 0 Å². The molecule has 0 bridgehead atoms. The highest BCUT2D eigenvalue weighted by Gasteiger charge is 2.12. The molecule has 1 heterocycles. The first-order chi connectivity index (χ1) is 12.1. The number of rotatable bonds is 4. The number of benzene rings is 2. The van der Waals surface area contributed by atoms with E-state index in [0.29, 0.717) is 21.9 Å². The van der Waals surface area contributed by atoms with Gasteiger partial charge in [-0.25, -0.2) is 0 Å². The molecule has 0 aliphatic carbocycles. The number of ether oxygens (including phenoxy) is 3. The minimum atomic E-state index is -0.363. The van der Waals surface area contributed by atoms with Gasteiger partial charge in [0.2, 0.25) is 0 Å². The third kappa shape index (κ3) is 3.23. The summed E-state index contributed by atoms with van der Waals surface area (Å²) in [5, 5.41) is 0.